The summed E-state index contributed by atoms with van der Waals surface area (Å²) in [5.41, 5.74) is 0.0860. The van der Waals surface area contributed by atoms with Crippen molar-refractivity contribution < 1.29 is 13.5 Å². The standard InChI is InChI=1S/C12H26N2O3S/c1-12(2,6-9-15)10-13-11-4-7-14(8-5-11)18(3,16)17/h11,13,15H,4-10H2,1-3H3. The number of nitrogens with zero attached hydrogens (tertiary/aromatic N) is 1. The lowest BCUT2D eigenvalue weighted by molar-refractivity contribution is 0.194. The average molecular weight is 278 g/mol. The van der Waals surface area contributed by atoms with Crippen LogP contribution in [0.4, 0.5) is 0 Å². The summed E-state index contributed by atoms with van der Waals surface area (Å²) in [6, 6.07) is 0.390. The molecule has 0 spiro atoms. The molecule has 0 aromatic heterocycles. The maximum absolute atomic E-state index is 11.4. The van der Waals surface area contributed by atoms with Gasteiger partial charge in [-0.3, -0.25) is 0 Å². The van der Waals surface area contributed by atoms with E-state index in [0.717, 1.165) is 25.8 Å². The first-order chi connectivity index (χ1) is 8.24. The van der Waals surface area contributed by atoms with Gasteiger partial charge in [0.05, 0.1) is 6.26 Å². The summed E-state index contributed by atoms with van der Waals surface area (Å²) in [7, 11) is -3.03. The lowest BCUT2D eigenvalue weighted by atomic mass is 9.89. The Balaban J connectivity index is 2.32. The third kappa shape index (κ3) is 5.22. The molecule has 108 valence electrons. The van der Waals surface area contributed by atoms with Gasteiger partial charge in [-0.15, -0.1) is 0 Å². The molecule has 1 saturated heterocycles. The average Bonchev–Trinajstić information content (AvgIpc) is 2.26. The van der Waals surface area contributed by atoms with Gasteiger partial charge in [-0.2, -0.15) is 0 Å². The van der Waals surface area contributed by atoms with E-state index in [9.17, 15) is 8.42 Å². The van der Waals surface area contributed by atoms with Gasteiger partial charge in [0.15, 0.2) is 0 Å². The molecule has 0 aromatic rings. The summed E-state index contributed by atoms with van der Waals surface area (Å²) in [5, 5.41) is 12.4. The zero-order valence-electron chi connectivity index (χ0n) is 11.6. The summed E-state index contributed by atoms with van der Waals surface area (Å²) in [6.45, 7) is 6.54. The molecule has 0 saturated carbocycles. The summed E-state index contributed by atoms with van der Waals surface area (Å²) in [4.78, 5) is 0. The molecule has 2 N–H and O–H groups in total. The summed E-state index contributed by atoms with van der Waals surface area (Å²) in [6.07, 6.45) is 3.78. The van der Waals surface area contributed by atoms with Gasteiger partial charge in [-0.1, -0.05) is 13.8 Å². The third-order valence-electron chi connectivity index (χ3n) is 3.58. The van der Waals surface area contributed by atoms with Crippen molar-refractivity contribution in [1.29, 1.82) is 0 Å². The number of piperidine rings is 1. The van der Waals surface area contributed by atoms with Crippen molar-refractivity contribution in [2.24, 2.45) is 5.41 Å². The molecule has 0 atom stereocenters. The van der Waals surface area contributed by atoms with Crippen LogP contribution in [0.15, 0.2) is 0 Å². The smallest absolute Gasteiger partial charge is 0.211 e. The highest BCUT2D eigenvalue weighted by Crippen LogP contribution is 2.20. The first kappa shape index (κ1) is 15.9. The molecule has 0 radical (unpaired) electrons. The zero-order valence-corrected chi connectivity index (χ0v) is 12.5. The van der Waals surface area contributed by atoms with Crippen LogP contribution in [0.5, 0.6) is 0 Å². The number of sulfonamides is 1. The normalized spacial score (nSPS) is 20.2. The van der Waals surface area contributed by atoms with Crippen LogP contribution in [0, 0.1) is 5.41 Å². The first-order valence-corrected chi connectivity index (χ1v) is 8.39. The van der Waals surface area contributed by atoms with Crippen LogP contribution in [0.2, 0.25) is 0 Å². The molecule has 1 fully saturated rings. The molecule has 5 nitrogen and oxygen atoms in total. The van der Waals surface area contributed by atoms with E-state index >= 15 is 0 Å². The van der Waals surface area contributed by atoms with Crippen molar-refractivity contribution in [3.05, 3.63) is 0 Å². The monoisotopic (exact) mass is 278 g/mol. The van der Waals surface area contributed by atoms with Gasteiger partial charge in [0, 0.05) is 32.3 Å². The van der Waals surface area contributed by atoms with Gasteiger partial charge in [0.2, 0.25) is 10.0 Å². The van der Waals surface area contributed by atoms with Crippen molar-refractivity contribution in [2.45, 2.75) is 39.2 Å². The van der Waals surface area contributed by atoms with Crippen LogP contribution in [0.3, 0.4) is 0 Å². The molecule has 0 bridgehead atoms. The second-order valence-corrected chi connectivity index (χ2v) is 7.94. The van der Waals surface area contributed by atoms with Crippen molar-refractivity contribution in [1.82, 2.24) is 9.62 Å². The minimum Gasteiger partial charge on any atom is -0.396 e. The van der Waals surface area contributed by atoms with E-state index in [-0.39, 0.29) is 12.0 Å². The Kier molecular flexibility index (Phi) is 5.58. The van der Waals surface area contributed by atoms with Gasteiger partial charge in [0.1, 0.15) is 0 Å². The second-order valence-electron chi connectivity index (χ2n) is 5.96. The molecular weight excluding hydrogens is 252 g/mol. The number of rotatable bonds is 6. The predicted molar refractivity (Wildman–Crippen MR) is 72.9 cm³/mol. The minimum absolute atomic E-state index is 0.0860. The Labute approximate surface area is 111 Å². The second kappa shape index (κ2) is 6.32. The van der Waals surface area contributed by atoms with Crippen molar-refractivity contribution in [3.63, 3.8) is 0 Å². The van der Waals surface area contributed by atoms with Gasteiger partial charge in [-0.05, 0) is 24.7 Å². The lowest BCUT2D eigenvalue weighted by Crippen LogP contribution is -2.46. The topological polar surface area (TPSA) is 69.6 Å². The largest absolute Gasteiger partial charge is 0.396 e. The number of nitrogens with one attached hydrogen (secondary N) is 1. The summed E-state index contributed by atoms with van der Waals surface area (Å²) < 4.78 is 24.3. The molecule has 1 heterocycles. The molecule has 1 aliphatic heterocycles. The van der Waals surface area contributed by atoms with Crippen LogP contribution in [0.1, 0.15) is 33.1 Å². The highest BCUT2D eigenvalue weighted by Gasteiger charge is 2.26. The number of aliphatic hydroxyl groups is 1. The van der Waals surface area contributed by atoms with E-state index < -0.39 is 10.0 Å². The molecule has 18 heavy (non-hydrogen) atoms. The zero-order chi connectivity index (χ0) is 13.8. The highest BCUT2D eigenvalue weighted by atomic mass is 32.2. The van der Waals surface area contributed by atoms with Crippen LogP contribution < -0.4 is 5.32 Å². The molecule has 1 rings (SSSR count). The number of hydrogen-bond donors (Lipinski definition) is 2. The highest BCUT2D eigenvalue weighted by molar-refractivity contribution is 7.88. The summed E-state index contributed by atoms with van der Waals surface area (Å²) in [5.74, 6) is 0. The van der Waals surface area contributed by atoms with Crippen LogP contribution in [0.25, 0.3) is 0 Å². The molecule has 0 unspecified atom stereocenters. The Morgan fingerprint density at radius 1 is 1.33 bits per heavy atom. The van der Waals surface area contributed by atoms with Crippen molar-refractivity contribution in [2.75, 3.05) is 32.5 Å². The quantitative estimate of drug-likeness (QED) is 0.738. The van der Waals surface area contributed by atoms with E-state index in [1.54, 1.807) is 4.31 Å². The Morgan fingerprint density at radius 2 is 1.89 bits per heavy atom. The first-order valence-electron chi connectivity index (χ1n) is 6.54. The molecule has 0 aromatic carbocycles. The Bertz CT molecular complexity index is 346. The molecule has 6 heteroatoms. The van der Waals surface area contributed by atoms with Crippen LogP contribution >= 0.6 is 0 Å². The van der Waals surface area contributed by atoms with Gasteiger partial charge >= 0.3 is 0 Å². The number of hydrogen-bond acceptors (Lipinski definition) is 4. The van der Waals surface area contributed by atoms with Gasteiger partial charge < -0.3 is 10.4 Å². The van der Waals surface area contributed by atoms with E-state index in [1.807, 2.05) is 0 Å². The van der Waals surface area contributed by atoms with E-state index in [4.69, 9.17) is 5.11 Å². The maximum Gasteiger partial charge on any atom is 0.211 e. The minimum atomic E-state index is -3.03. The fraction of sp³-hybridized carbons (Fsp3) is 1.00. The third-order valence-corrected chi connectivity index (χ3v) is 4.88. The predicted octanol–water partition coefficient (Wildman–Crippen LogP) is 0.409. The number of aliphatic hydroxyl groups excluding tert-OH is 1. The fourth-order valence-electron chi connectivity index (χ4n) is 2.20. The van der Waals surface area contributed by atoms with Crippen LogP contribution in [-0.4, -0.2) is 56.4 Å². The molecular formula is C12H26N2O3S. The van der Waals surface area contributed by atoms with Crippen molar-refractivity contribution >= 4 is 10.0 Å². The van der Waals surface area contributed by atoms with Gasteiger partial charge in [0.25, 0.3) is 0 Å². The SMILES string of the molecule is CC(C)(CCO)CNC1CCN(S(C)(=O)=O)CC1. The Morgan fingerprint density at radius 3 is 2.33 bits per heavy atom. The summed E-state index contributed by atoms with van der Waals surface area (Å²) >= 11 is 0. The Hall–Kier alpha value is -0.170. The van der Waals surface area contributed by atoms with E-state index in [0.29, 0.717) is 19.1 Å². The van der Waals surface area contributed by atoms with Crippen molar-refractivity contribution in [3.8, 4) is 0 Å². The molecule has 0 aliphatic carbocycles. The maximum atomic E-state index is 11.4. The lowest BCUT2D eigenvalue weighted by Gasteiger charge is -2.33. The van der Waals surface area contributed by atoms with E-state index in [2.05, 4.69) is 19.2 Å². The van der Waals surface area contributed by atoms with Gasteiger partial charge in [-0.25, -0.2) is 12.7 Å². The van der Waals surface area contributed by atoms with E-state index in [1.165, 1.54) is 6.26 Å². The fourth-order valence-corrected chi connectivity index (χ4v) is 3.08. The molecule has 0 amide bonds. The molecule has 1 aliphatic rings. The van der Waals surface area contributed by atoms with Crippen LogP contribution in [-0.2, 0) is 10.0 Å².